The molecule has 6 nitrogen and oxygen atoms in total. The first-order valence-corrected chi connectivity index (χ1v) is 8.59. The second-order valence-corrected chi connectivity index (χ2v) is 8.00. The summed E-state index contributed by atoms with van der Waals surface area (Å²) in [5.74, 6) is 0.720. The van der Waals surface area contributed by atoms with Gasteiger partial charge in [0.25, 0.3) is 0 Å². The zero-order chi connectivity index (χ0) is 17.0. The SMILES string of the molecule is CC(C)(C)CN(CC1=NN(CCC2CCCC2)C(=O)C1)C(=O)O. The zero-order valence-electron chi connectivity index (χ0n) is 14.5. The summed E-state index contributed by atoms with van der Waals surface area (Å²) in [5, 5.41) is 15.3. The largest absolute Gasteiger partial charge is 0.465 e. The molecule has 0 bridgehead atoms. The topological polar surface area (TPSA) is 73.2 Å². The maximum atomic E-state index is 12.1. The number of hydrogen-bond donors (Lipinski definition) is 1. The van der Waals surface area contributed by atoms with Crippen LogP contribution in [-0.4, -0.2) is 52.4 Å². The maximum absolute atomic E-state index is 12.1. The molecule has 23 heavy (non-hydrogen) atoms. The van der Waals surface area contributed by atoms with Crippen LogP contribution in [0.15, 0.2) is 5.10 Å². The van der Waals surface area contributed by atoms with Gasteiger partial charge in [-0.25, -0.2) is 9.80 Å². The molecule has 0 unspecified atom stereocenters. The van der Waals surface area contributed by atoms with Gasteiger partial charge in [0.1, 0.15) is 0 Å². The van der Waals surface area contributed by atoms with Crippen LogP contribution in [-0.2, 0) is 4.79 Å². The van der Waals surface area contributed by atoms with Crippen molar-refractivity contribution in [2.75, 3.05) is 19.6 Å². The summed E-state index contributed by atoms with van der Waals surface area (Å²) in [5.41, 5.74) is 0.539. The van der Waals surface area contributed by atoms with E-state index in [9.17, 15) is 14.7 Å². The van der Waals surface area contributed by atoms with Crippen LogP contribution in [0.5, 0.6) is 0 Å². The van der Waals surface area contributed by atoms with Crippen molar-refractivity contribution in [1.29, 1.82) is 0 Å². The molecule has 2 aliphatic rings. The molecule has 130 valence electrons. The molecule has 1 saturated carbocycles. The molecule has 0 atom stereocenters. The molecule has 0 aromatic rings. The number of hydrogen-bond acceptors (Lipinski definition) is 3. The summed E-state index contributed by atoms with van der Waals surface area (Å²) in [6, 6.07) is 0. The summed E-state index contributed by atoms with van der Waals surface area (Å²) in [6.45, 7) is 7.31. The Morgan fingerprint density at radius 3 is 2.57 bits per heavy atom. The number of rotatable bonds is 6. The van der Waals surface area contributed by atoms with Crippen LogP contribution >= 0.6 is 0 Å². The molecule has 1 aliphatic carbocycles. The van der Waals surface area contributed by atoms with Crippen molar-refractivity contribution in [2.45, 2.75) is 59.3 Å². The highest BCUT2D eigenvalue weighted by atomic mass is 16.4. The minimum Gasteiger partial charge on any atom is -0.465 e. The van der Waals surface area contributed by atoms with Gasteiger partial charge in [-0.15, -0.1) is 0 Å². The number of amides is 2. The summed E-state index contributed by atoms with van der Waals surface area (Å²) in [4.78, 5) is 24.8. The Labute approximate surface area is 138 Å². The fraction of sp³-hybridized carbons (Fsp3) is 0.824. The van der Waals surface area contributed by atoms with Gasteiger partial charge in [-0.3, -0.25) is 4.79 Å². The first-order chi connectivity index (χ1) is 10.7. The number of carboxylic acid groups (broad SMARTS) is 1. The monoisotopic (exact) mass is 323 g/mol. The van der Waals surface area contributed by atoms with Gasteiger partial charge in [0.15, 0.2) is 0 Å². The first-order valence-electron chi connectivity index (χ1n) is 8.59. The van der Waals surface area contributed by atoms with E-state index in [0.29, 0.717) is 18.8 Å². The lowest BCUT2D eigenvalue weighted by Gasteiger charge is -2.27. The van der Waals surface area contributed by atoms with Gasteiger partial charge in [0.2, 0.25) is 5.91 Å². The summed E-state index contributed by atoms with van der Waals surface area (Å²) in [6.07, 6.45) is 5.42. The van der Waals surface area contributed by atoms with Crippen molar-refractivity contribution in [2.24, 2.45) is 16.4 Å². The highest BCUT2D eigenvalue weighted by Gasteiger charge is 2.29. The van der Waals surface area contributed by atoms with Crippen LogP contribution in [0.1, 0.15) is 59.3 Å². The molecule has 2 rings (SSSR count). The van der Waals surface area contributed by atoms with E-state index < -0.39 is 6.09 Å². The highest BCUT2D eigenvalue weighted by Crippen LogP contribution is 2.28. The molecule has 0 aromatic carbocycles. The molecule has 1 fully saturated rings. The third-order valence-electron chi connectivity index (χ3n) is 4.44. The lowest BCUT2D eigenvalue weighted by Crippen LogP contribution is -2.40. The van der Waals surface area contributed by atoms with Crippen molar-refractivity contribution in [1.82, 2.24) is 9.91 Å². The second kappa shape index (κ2) is 7.32. The van der Waals surface area contributed by atoms with E-state index in [1.165, 1.54) is 30.6 Å². The first kappa shape index (κ1) is 17.8. The Balaban J connectivity index is 1.89. The number of nitrogens with zero attached hydrogens (tertiary/aromatic N) is 3. The Morgan fingerprint density at radius 1 is 1.35 bits per heavy atom. The Bertz CT molecular complexity index is 476. The molecule has 6 heteroatoms. The van der Waals surface area contributed by atoms with E-state index in [1.807, 2.05) is 20.8 Å². The van der Waals surface area contributed by atoms with Crippen LogP contribution in [0.25, 0.3) is 0 Å². The van der Waals surface area contributed by atoms with Crippen molar-refractivity contribution in [3.63, 3.8) is 0 Å². The van der Waals surface area contributed by atoms with Gasteiger partial charge in [-0.05, 0) is 17.8 Å². The molecule has 0 aromatic heterocycles. The molecular formula is C17H29N3O3. The fourth-order valence-electron chi connectivity index (χ4n) is 3.38. The van der Waals surface area contributed by atoms with Gasteiger partial charge >= 0.3 is 6.09 Å². The van der Waals surface area contributed by atoms with Crippen molar-refractivity contribution < 1.29 is 14.7 Å². The van der Waals surface area contributed by atoms with Crippen LogP contribution < -0.4 is 0 Å². The van der Waals surface area contributed by atoms with E-state index in [4.69, 9.17) is 0 Å². The predicted octanol–water partition coefficient (Wildman–Crippen LogP) is 3.18. The standard InChI is InChI=1S/C17H29N3O3/c1-17(2,3)12-19(16(22)23)11-14-10-15(21)20(18-14)9-8-13-6-4-5-7-13/h13H,4-12H2,1-3H3,(H,22,23). The third-order valence-corrected chi connectivity index (χ3v) is 4.44. The molecular weight excluding hydrogens is 294 g/mol. The third kappa shape index (κ3) is 5.52. The van der Waals surface area contributed by atoms with E-state index in [-0.39, 0.29) is 24.3 Å². The molecule has 0 radical (unpaired) electrons. The number of carbonyl (C=O) groups excluding carboxylic acids is 1. The maximum Gasteiger partial charge on any atom is 0.407 e. The van der Waals surface area contributed by atoms with Crippen LogP contribution in [0, 0.1) is 11.3 Å². The smallest absolute Gasteiger partial charge is 0.407 e. The quantitative estimate of drug-likeness (QED) is 0.816. The van der Waals surface area contributed by atoms with Crippen LogP contribution in [0.2, 0.25) is 0 Å². The zero-order valence-corrected chi connectivity index (χ0v) is 14.5. The fourth-order valence-corrected chi connectivity index (χ4v) is 3.38. The summed E-state index contributed by atoms with van der Waals surface area (Å²) in [7, 11) is 0. The van der Waals surface area contributed by atoms with E-state index >= 15 is 0 Å². The Hall–Kier alpha value is -1.59. The van der Waals surface area contributed by atoms with Crippen molar-refractivity contribution >= 4 is 17.7 Å². The number of carbonyl (C=O) groups is 2. The van der Waals surface area contributed by atoms with Gasteiger partial charge in [-0.2, -0.15) is 5.10 Å². The second-order valence-electron chi connectivity index (χ2n) is 8.00. The normalized spacial score (nSPS) is 19.3. The molecule has 1 aliphatic heterocycles. The van der Waals surface area contributed by atoms with Gasteiger partial charge < -0.3 is 10.0 Å². The predicted molar refractivity (Wildman–Crippen MR) is 89.4 cm³/mol. The average molecular weight is 323 g/mol. The Kier molecular flexibility index (Phi) is 5.65. The van der Waals surface area contributed by atoms with Crippen LogP contribution in [0.4, 0.5) is 4.79 Å². The van der Waals surface area contributed by atoms with E-state index in [1.54, 1.807) is 5.01 Å². The molecule has 0 saturated heterocycles. The molecule has 1 N–H and O–H groups in total. The average Bonchev–Trinajstić information content (AvgIpc) is 3.04. The summed E-state index contributed by atoms with van der Waals surface area (Å²) < 4.78 is 0. The minimum atomic E-state index is -0.959. The van der Waals surface area contributed by atoms with E-state index in [0.717, 1.165) is 12.3 Å². The lowest BCUT2D eigenvalue weighted by atomic mass is 9.96. The summed E-state index contributed by atoms with van der Waals surface area (Å²) >= 11 is 0. The van der Waals surface area contributed by atoms with Gasteiger partial charge in [0.05, 0.1) is 18.7 Å². The van der Waals surface area contributed by atoms with Crippen LogP contribution in [0.3, 0.4) is 0 Å². The number of hydrazone groups is 1. The Morgan fingerprint density at radius 2 is 2.00 bits per heavy atom. The van der Waals surface area contributed by atoms with Crippen molar-refractivity contribution in [3.05, 3.63) is 0 Å². The van der Waals surface area contributed by atoms with Gasteiger partial charge in [-0.1, -0.05) is 46.5 Å². The molecule has 2 amide bonds. The van der Waals surface area contributed by atoms with Crippen molar-refractivity contribution in [3.8, 4) is 0 Å². The van der Waals surface area contributed by atoms with Gasteiger partial charge in [0, 0.05) is 13.1 Å². The highest BCUT2D eigenvalue weighted by molar-refractivity contribution is 6.06. The minimum absolute atomic E-state index is 0.000839. The molecule has 1 heterocycles. The molecule has 0 spiro atoms. The lowest BCUT2D eigenvalue weighted by molar-refractivity contribution is -0.128. The van der Waals surface area contributed by atoms with E-state index in [2.05, 4.69) is 5.10 Å².